The average molecular weight is 293 g/mol. The third-order valence-electron chi connectivity index (χ3n) is 2.58. The molecule has 106 valence electrons. The molecule has 1 heterocycles. The van der Waals surface area contributed by atoms with Gasteiger partial charge in [0.15, 0.2) is 5.75 Å². The summed E-state index contributed by atoms with van der Waals surface area (Å²) >= 11 is 1.56. The lowest BCUT2D eigenvalue weighted by atomic mass is 10.2. The van der Waals surface area contributed by atoms with E-state index in [1.165, 1.54) is 0 Å². The number of aromatic nitrogens is 1. The summed E-state index contributed by atoms with van der Waals surface area (Å²) in [5.74, 6) is 0.276. The summed E-state index contributed by atoms with van der Waals surface area (Å²) in [5.41, 5.74) is 0.399. The second-order valence-electron chi connectivity index (χ2n) is 4.06. The van der Waals surface area contributed by atoms with Gasteiger partial charge in [-0.1, -0.05) is 6.07 Å². The van der Waals surface area contributed by atoms with Gasteiger partial charge in [-0.3, -0.25) is 10.1 Å². The number of hydrogen-bond donors (Lipinski definition) is 1. The van der Waals surface area contributed by atoms with Gasteiger partial charge in [0.05, 0.1) is 18.1 Å². The zero-order chi connectivity index (χ0) is 14.5. The molecular weight excluding hydrogens is 278 g/mol. The Labute approximate surface area is 120 Å². The van der Waals surface area contributed by atoms with E-state index in [1.54, 1.807) is 42.7 Å². The zero-order valence-electron chi connectivity index (χ0n) is 11.3. The maximum absolute atomic E-state index is 11.2. The quantitative estimate of drug-likeness (QED) is 0.652. The number of nitrogens with one attached hydrogen (secondary N) is 1. The highest BCUT2D eigenvalue weighted by Gasteiger charge is 2.20. The van der Waals surface area contributed by atoms with Crippen molar-refractivity contribution >= 4 is 22.7 Å². The maximum atomic E-state index is 11.2. The molecule has 0 unspecified atom stereocenters. The van der Waals surface area contributed by atoms with Crippen molar-refractivity contribution in [2.75, 3.05) is 11.9 Å². The van der Waals surface area contributed by atoms with E-state index in [2.05, 4.69) is 10.3 Å². The van der Waals surface area contributed by atoms with Crippen molar-refractivity contribution in [3.63, 3.8) is 0 Å². The van der Waals surface area contributed by atoms with E-state index < -0.39 is 4.92 Å². The number of benzene rings is 1. The molecule has 1 aromatic heterocycles. The second-order valence-corrected chi connectivity index (χ2v) is 5.38. The van der Waals surface area contributed by atoms with Crippen molar-refractivity contribution in [3.05, 3.63) is 44.4 Å². The fourth-order valence-electron chi connectivity index (χ4n) is 1.78. The van der Waals surface area contributed by atoms with Gasteiger partial charge in [0.25, 0.3) is 0 Å². The first-order chi connectivity index (χ1) is 9.61. The molecule has 0 bridgehead atoms. The molecule has 1 N–H and O–H groups in total. The number of thiazole rings is 1. The maximum Gasteiger partial charge on any atom is 0.333 e. The van der Waals surface area contributed by atoms with Crippen LogP contribution in [0.2, 0.25) is 0 Å². The first kappa shape index (κ1) is 14.3. The van der Waals surface area contributed by atoms with Gasteiger partial charge >= 0.3 is 5.69 Å². The van der Waals surface area contributed by atoms with Crippen LogP contribution >= 0.6 is 11.3 Å². The predicted molar refractivity (Wildman–Crippen MR) is 78.4 cm³/mol. The number of hydrogen-bond acceptors (Lipinski definition) is 6. The topological polar surface area (TPSA) is 77.3 Å². The highest BCUT2D eigenvalue weighted by atomic mass is 32.1. The Balaban J connectivity index is 2.22. The molecule has 0 spiro atoms. The zero-order valence-corrected chi connectivity index (χ0v) is 12.1. The number of aryl methyl sites for hydroxylation is 1. The summed E-state index contributed by atoms with van der Waals surface area (Å²) in [6.45, 7) is 4.60. The van der Waals surface area contributed by atoms with E-state index in [0.29, 0.717) is 18.8 Å². The SMILES string of the molecule is CCOc1cccc(NCc2ncc(C)s2)c1[N+](=O)[O-]. The number of anilines is 1. The number of para-hydroxylation sites is 1. The molecule has 0 fully saturated rings. The van der Waals surface area contributed by atoms with Gasteiger partial charge in [-0.2, -0.15) is 0 Å². The molecular formula is C13H15N3O3S. The van der Waals surface area contributed by atoms with Crippen molar-refractivity contribution in [2.45, 2.75) is 20.4 Å². The Bertz CT molecular complexity index is 613. The monoisotopic (exact) mass is 293 g/mol. The third-order valence-corrected chi connectivity index (χ3v) is 3.49. The predicted octanol–water partition coefficient (Wildman–Crippen LogP) is 3.37. The Kier molecular flexibility index (Phi) is 4.52. The second kappa shape index (κ2) is 6.33. The molecule has 0 amide bonds. The molecule has 0 atom stereocenters. The minimum absolute atomic E-state index is 0.0392. The van der Waals surface area contributed by atoms with E-state index >= 15 is 0 Å². The number of nitrogens with zero attached hydrogens (tertiary/aromatic N) is 2. The number of nitro benzene ring substituents is 1. The van der Waals surface area contributed by atoms with Gasteiger partial charge in [-0.25, -0.2) is 4.98 Å². The average Bonchev–Trinajstić information content (AvgIpc) is 2.82. The molecule has 6 nitrogen and oxygen atoms in total. The summed E-state index contributed by atoms with van der Waals surface area (Å²) in [6.07, 6.45) is 1.78. The molecule has 7 heteroatoms. The molecule has 0 saturated heterocycles. The molecule has 2 rings (SSSR count). The van der Waals surface area contributed by atoms with Crippen LogP contribution in [0.5, 0.6) is 5.75 Å². The minimum Gasteiger partial charge on any atom is -0.487 e. The van der Waals surface area contributed by atoms with E-state index in [0.717, 1.165) is 9.88 Å². The van der Waals surface area contributed by atoms with Gasteiger partial charge in [0.1, 0.15) is 10.7 Å². The smallest absolute Gasteiger partial charge is 0.333 e. The van der Waals surface area contributed by atoms with Crippen LogP contribution in [0.25, 0.3) is 0 Å². The number of ether oxygens (including phenoxy) is 1. The van der Waals surface area contributed by atoms with E-state index in [9.17, 15) is 10.1 Å². The molecule has 0 saturated carbocycles. The Morgan fingerprint density at radius 1 is 1.50 bits per heavy atom. The van der Waals surface area contributed by atoms with Crippen molar-refractivity contribution in [2.24, 2.45) is 0 Å². The standard InChI is InChI=1S/C13H15N3O3S/c1-3-19-11-6-4-5-10(13(11)16(17)18)14-8-12-15-7-9(2)20-12/h4-7,14H,3,8H2,1-2H3. The number of rotatable bonds is 6. The van der Waals surface area contributed by atoms with Crippen LogP contribution in [-0.4, -0.2) is 16.5 Å². The third kappa shape index (κ3) is 3.24. The van der Waals surface area contributed by atoms with E-state index in [4.69, 9.17) is 4.74 Å². The number of nitro groups is 1. The summed E-state index contributed by atoms with van der Waals surface area (Å²) in [7, 11) is 0. The Morgan fingerprint density at radius 2 is 2.30 bits per heavy atom. The minimum atomic E-state index is -0.430. The van der Waals surface area contributed by atoms with Gasteiger partial charge in [-0.15, -0.1) is 11.3 Å². The lowest BCUT2D eigenvalue weighted by Crippen LogP contribution is -2.04. The molecule has 20 heavy (non-hydrogen) atoms. The molecule has 0 aliphatic carbocycles. The first-order valence-electron chi connectivity index (χ1n) is 6.17. The van der Waals surface area contributed by atoms with Crippen molar-refractivity contribution in [1.29, 1.82) is 0 Å². The summed E-state index contributed by atoms with van der Waals surface area (Å²) in [4.78, 5) is 16.1. The Hall–Kier alpha value is -2.15. The normalized spacial score (nSPS) is 10.3. The van der Waals surface area contributed by atoms with E-state index in [-0.39, 0.29) is 11.4 Å². The highest BCUT2D eigenvalue weighted by molar-refractivity contribution is 7.11. The van der Waals surface area contributed by atoms with Crippen LogP contribution in [-0.2, 0) is 6.54 Å². The first-order valence-corrected chi connectivity index (χ1v) is 6.99. The van der Waals surface area contributed by atoms with Crippen LogP contribution in [0.4, 0.5) is 11.4 Å². The Morgan fingerprint density at radius 3 is 2.90 bits per heavy atom. The molecule has 0 aliphatic rings. The van der Waals surface area contributed by atoms with Crippen molar-refractivity contribution in [3.8, 4) is 5.75 Å². The van der Waals surface area contributed by atoms with Crippen LogP contribution in [0, 0.1) is 17.0 Å². The lowest BCUT2D eigenvalue weighted by Gasteiger charge is -2.09. The molecule has 0 aliphatic heterocycles. The van der Waals surface area contributed by atoms with Gasteiger partial charge < -0.3 is 10.1 Å². The van der Waals surface area contributed by atoms with Crippen LogP contribution < -0.4 is 10.1 Å². The van der Waals surface area contributed by atoms with Crippen molar-refractivity contribution in [1.82, 2.24) is 4.98 Å². The fraction of sp³-hybridized carbons (Fsp3) is 0.308. The van der Waals surface area contributed by atoms with Crippen LogP contribution in [0.1, 0.15) is 16.8 Å². The fourth-order valence-corrected chi connectivity index (χ4v) is 2.51. The van der Waals surface area contributed by atoms with Gasteiger partial charge in [0, 0.05) is 11.1 Å². The molecule has 0 radical (unpaired) electrons. The lowest BCUT2D eigenvalue weighted by molar-refractivity contribution is -0.384. The summed E-state index contributed by atoms with van der Waals surface area (Å²) in [5, 5.41) is 15.1. The van der Waals surface area contributed by atoms with Gasteiger partial charge in [0.2, 0.25) is 0 Å². The van der Waals surface area contributed by atoms with Crippen molar-refractivity contribution < 1.29 is 9.66 Å². The summed E-state index contributed by atoms with van der Waals surface area (Å²) < 4.78 is 5.30. The largest absolute Gasteiger partial charge is 0.487 e. The van der Waals surface area contributed by atoms with Gasteiger partial charge in [-0.05, 0) is 26.0 Å². The van der Waals surface area contributed by atoms with Crippen LogP contribution in [0.3, 0.4) is 0 Å². The molecule has 1 aromatic carbocycles. The molecule has 2 aromatic rings. The van der Waals surface area contributed by atoms with Crippen LogP contribution in [0.15, 0.2) is 24.4 Å². The van der Waals surface area contributed by atoms with E-state index in [1.807, 2.05) is 6.92 Å². The highest BCUT2D eigenvalue weighted by Crippen LogP contribution is 2.35. The summed E-state index contributed by atoms with van der Waals surface area (Å²) in [6, 6.07) is 4.99.